The Kier molecular flexibility index (Phi) is 14.1. The molecule has 0 N–H and O–H groups in total. The van der Waals surface area contributed by atoms with Crippen LogP contribution in [0.5, 0.6) is 0 Å². The van der Waals surface area contributed by atoms with Gasteiger partial charge in [-0.05, 0) is 6.92 Å². The number of likely N-dealkylation sites (N-methyl/N-ethyl adjacent to an activating group) is 2. The molecule has 2 unspecified atom stereocenters. The molecule has 13 heteroatoms. The van der Waals surface area contributed by atoms with E-state index in [1.54, 1.807) is 6.92 Å². The van der Waals surface area contributed by atoms with Gasteiger partial charge in [0.25, 0.3) is 15.6 Å². The molecule has 0 aliphatic rings. The molecule has 0 heterocycles. The molecule has 0 saturated carbocycles. The van der Waals surface area contributed by atoms with Gasteiger partial charge in [0.1, 0.15) is 39.2 Å². The Balaban J connectivity index is 0. The van der Waals surface area contributed by atoms with E-state index in [0.717, 1.165) is 0 Å². The number of nitrogens with zero attached hydrogens (tertiary/aromatic N) is 2. The largest absolute Gasteiger partial charge is 0.756 e. The lowest BCUT2D eigenvalue weighted by Gasteiger charge is -2.26. The highest BCUT2D eigenvalue weighted by Crippen LogP contribution is 2.38. The Bertz CT molecular complexity index is 504. The van der Waals surface area contributed by atoms with Crippen molar-refractivity contribution in [3.05, 3.63) is 0 Å². The summed E-state index contributed by atoms with van der Waals surface area (Å²) in [6.45, 7) is 2.59. The lowest BCUT2D eigenvalue weighted by atomic mass is 10.5. The summed E-state index contributed by atoms with van der Waals surface area (Å²) in [5.74, 6) is 0. The second kappa shape index (κ2) is 13.1. The second-order valence-corrected chi connectivity index (χ2v) is 10.3. The van der Waals surface area contributed by atoms with Gasteiger partial charge in [0, 0.05) is 0 Å². The quantitative estimate of drug-likeness (QED) is 0.215. The lowest BCUT2D eigenvalue weighted by Crippen LogP contribution is -2.37. The average Bonchev–Trinajstić information content (AvgIpc) is 2.42. The molecule has 164 valence electrons. The van der Waals surface area contributed by atoms with Gasteiger partial charge in [0.05, 0.1) is 48.9 Å². The van der Waals surface area contributed by atoms with E-state index in [4.69, 9.17) is 0 Å². The molecular formula is C14H34N2O9P2. The predicted octanol–water partition coefficient (Wildman–Crippen LogP) is -0.393. The zero-order valence-corrected chi connectivity index (χ0v) is 19.1. The smallest absolute Gasteiger partial charge is 0.268 e. The van der Waals surface area contributed by atoms with Crippen LogP contribution in [-0.4, -0.2) is 97.1 Å². The molecule has 0 aliphatic heterocycles. The maximum absolute atomic E-state index is 10.9. The molecule has 0 fully saturated rings. The first-order valence-corrected chi connectivity index (χ1v) is 11.2. The summed E-state index contributed by atoms with van der Waals surface area (Å²) in [5.41, 5.74) is 0. The number of carbonyl (C=O) groups excluding carboxylic acids is 1. The minimum atomic E-state index is -4.29. The average molecular weight is 436 g/mol. The molecule has 0 aromatic heterocycles. The molecule has 0 amide bonds. The number of carbonyl (C=O) groups is 1. The monoisotopic (exact) mass is 436 g/mol. The summed E-state index contributed by atoms with van der Waals surface area (Å²) in [6.07, 6.45) is 0.355. The fraction of sp³-hybridized carbons (Fsp3) is 0.929. The third-order valence-corrected chi connectivity index (χ3v) is 4.65. The Morgan fingerprint density at radius 2 is 1.15 bits per heavy atom. The molecule has 0 aromatic carbocycles. The molecule has 0 aromatic rings. The van der Waals surface area contributed by atoms with E-state index < -0.39 is 22.3 Å². The van der Waals surface area contributed by atoms with Crippen LogP contribution in [0.25, 0.3) is 0 Å². The number of aldehydes is 1. The fourth-order valence-corrected chi connectivity index (χ4v) is 2.53. The van der Waals surface area contributed by atoms with Crippen LogP contribution in [0.3, 0.4) is 0 Å². The van der Waals surface area contributed by atoms with Gasteiger partial charge in [-0.2, -0.15) is 0 Å². The molecular weight excluding hydrogens is 402 g/mol. The first-order valence-electron chi connectivity index (χ1n) is 8.28. The van der Waals surface area contributed by atoms with Gasteiger partial charge in [-0.3, -0.25) is 9.13 Å². The first-order chi connectivity index (χ1) is 12.0. The van der Waals surface area contributed by atoms with Crippen molar-refractivity contribution in [1.29, 1.82) is 0 Å². The molecule has 27 heavy (non-hydrogen) atoms. The molecule has 0 radical (unpaired) electrons. The van der Waals surface area contributed by atoms with E-state index in [9.17, 15) is 23.7 Å². The summed E-state index contributed by atoms with van der Waals surface area (Å²) in [6, 6.07) is 0. The van der Waals surface area contributed by atoms with E-state index in [2.05, 4.69) is 18.1 Å². The maximum atomic E-state index is 10.9. The van der Waals surface area contributed by atoms with Crippen LogP contribution in [0.2, 0.25) is 0 Å². The zero-order valence-electron chi connectivity index (χ0n) is 17.3. The molecule has 0 bridgehead atoms. The van der Waals surface area contributed by atoms with Crippen molar-refractivity contribution in [1.82, 2.24) is 0 Å². The number of rotatable bonds is 13. The molecule has 11 nitrogen and oxygen atoms in total. The van der Waals surface area contributed by atoms with Crippen molar-refractivity contribution < 1.29 is 50.8 Å². The van der Waals surface area contributed by atoms with Gasteiger partial charge in [-0.1, -0.05) is 0 Å². The number of phosphoric acid groups is 2. The Hall–Kier alpha value is -0.190. The molecule has 0 saturated heterocycles. The van der Waals surface area contributed by atoms with Crippen molar-refractivity contribution in [2.24, 2.45) is 0 Å². The van der Waals surface area contributed by atoms with Crippen molar-refractivity contribution in [3.8, 4) is 0 Å². The van der Waals surface area contributed by atoms with Crippen LogP contribution in [0.1, 0.15) is 6.92 Å². The highest BCUT2D eigenvalue weighted by Gasteiger charge is 2.13. The standard InChI is InChI=1S/C7H16NO5P.C7H18NO4P/c1-8(2,3)4-6-12-14(10,11)13-7-5-9;1-5-11-13(9,10)12-7-6-8(2,3)4/h5H,4,6-7H2,1-3H3;5-7H2,1-4H3. The van der Waals surface area contributed by atoms with Crippen molar-refractivity contribution in [3.63, 3.8) is 0 Å². The first kappa shape index (κ1) is 29.0. The van der Waals surface area contributed by atoms with Gasteiger partial charge in [-0.15, -0.1) is 0 Å². The van der Waals surface area contributed by atoms with Gasteiger partial charge < -0.3 is 41.6 Å². The van der Waals surface area contributed by atoms with E-state index in [-0.39, 0.29) is 19.8 Å². The minimum absolute atomic E-state index is 0.0448. The number of quaternary nitrogens is 2. The van der Waals surface area contributed by atoms with Crippen LogP contribution in [0, 0.1) is 0 Å². The third-order valence-electron chi connectivity index (χ3n) is 2.61. The normalized spacial score (nSPS) is 16.6. The van der Waals surface area contributed by atoms with Crippen LogP contribution < -0.4 is 9.79 Å². The highest BCUT2D eigenvalue weighted by molar-refractivity contribution is 7.46. The van der Waals surface area contributed by atoms with E-state index in [1.165, 1.54) is 0 Å². The van der Waals surface area contributed by atoms with Crippen molar-refractivity contribution >= 4 is 21.9 Å². The van der Waals surface area contributed by atoms with Gasteiger partial charge in [0.15, 0.2) is 0 Å². The minimum Gasteiger partial charge on any atom is -0.756 e. The molecule has 2 atom stereocenters. The van der Waals surface area contributed by atoms with E-state index >= 15 is 0 Å². The van der Waals surface area contributed by atoms with Gasteiger partial charge >= 0.3 is 0 Å². The summed E-state index contributed by atoms with van der Waals surface area (Å²) in [5, 5.41) is 0. The van der Waals surface area contributed by atoms with E-state index in [1.807, 2.05) is 42.3 Å². The molecule has 0 rings (SSSR count). The summed E-state index contributed by atoms with van der Waals surface area (Å²) < 4.78 is 40.8. The van der Waals surface area contributed by atoms with Gasteiger partial charge in [-0.25, -0.2) is 0 Å². The Labute approximate surface area is 162 Å². The maximum Gasteiger partial charge on any atom is 0.268 e. The van der Waals surface area contributed by atoms with Crippen molar-refractivity contribution in [2.45, 2.75) is 6.92 Å². The Morgan fingerprint density at radius 1 is 0.778 bits per heavy atom. The SMILES string of the molecule is CCOP(=O)([O-])OCC[N+](C)(C)C.C[N+](C)(C)CCOP(=O)([O-])OCC=O. The van der Waals surface area contributed by atoms with Crippen LogP contribution in [-0.2, 0) is 32.0 Å². The number of hydrogen-bond donors (Lipinski definition) is 0. The Morgan fingerprint density at radius 3 is 1.44 bits per heavy atom. The summed E-state index contributed by atoms with van der Waals surface area (Å²) in [7, 11) is 3.27. The molecule has 0 spiro atoms. The van der Waals surface area contributed by atoms with Crippen LogP contribution in [0.4, 0.5) is 0 Å². The van der Waals surface area contributed by atoms with Crippen LogP contribution >= 0.6 is 15.6 Å². The van der Waals surface area contributed by atoms with Gasteiger partial charge in [0.2, 0.25) is 0 Å². The lowest BCUT2D eigenvalue weighted by molar-refractivity contribution is -0.870. The van der Waals surface area contributed by atoms with Crippen LogP contribution in [0.15, 0.2) is 0 Å². The molecule has 0 aliphatic carbocycles. The number of phosphoric ester groups is 2. The second-order valence-electron chi connectivity index (χ2n) is 7.47. The summed E-state index contributed by atoms with van der Waals surface area (Å²) in [4.78, 5) is 31.6. The fourth-order valence-electron chi connectivity index (χ4n) is 1.21. The topological polar surface area (TPSA) is 134 Å². The highest BCUT2D eigenvalue weighted by atomic mass is 31.2. The summed E-state index contributed by atoms with van der Waals surface area (Å²) >= 11 is 0. The predicted molar refractivity (Wildman–Crippen MR) is 96.6 cm³/mol. The third kappa shape index (κ3) is 23.8. The van der Waals surface area contributed by atoms with E-state index in [0.29, 0.717) is 28.3 Å². The number of hydrogen-bond acceptors (Lipinski definition) is 9. The van der Waals surface area contributed by atoms with Crippen molar-refractivity contribution in [2.75, 3.05) is 81.8 Å². The zero-order chi connectivity index (χ0) is 21.8.